The van der Waals surface area contributed by atoms with E-state index in [-0.39, 0.29) is 5.91 Å². The zero-order valence-corrected chi connectivity index (χ0v) is 12.6. The van der Waals surface area contributed by atoms with Gasteiger partial charge in [-0.2, -0.15) is 0 Å². The van der Waals surface area contributed by atoms with Gasteiger partial charge in [0.05, 0.1) is 11.3 Å². The van der Waals surface area contributed by atoms with Crippen molar-refractivity contribution in [3.63, 3.8) is 0 Å². The minimum Gasteiger partial charge on any atom is -0.348 e. The number of nitrogens with zero attached hydrogens (tertiary/aromatic N) is 3. The molecule has 0 aliphatic carbocycles. The van der Waals surface area contributed by atoms with Crippen molar-refractivity contribution >= 4 is 27.5 Å². The number of aromatic nitrogens is 3. The van der Waals surface area contributed by atoms with E-state index in [0.717, 1.165) is 27.3 Å². The Bertz CT molecular complexity index is 798. The average molecular weight is 298 g/mol. The van der Waals surface area contributed by atoms with Crippen molar-refractivity contribution in [3.8, 4) is 0 Å². The molecule has 0 radical (unpaired) electrons. The highest BCUT2D eigenvalue weighted by atomic mass is 32.1. The monoisotopic (exact) mass is 298 g/mol. The summed E-state index contributed by atoms with van der Waals surface area (Å²) >= 11 is 1.47. The van der Waals surface area contributed by atoms with Gasteiger partial charge in [-0.05, 0) is 31.5 Å². The lowest BCUT2D eigenvalue weighted by Gasteiger charge is -2.05. The molecule has 0 aromatic carbocycles. The number of fused-ring (bicyclic) bond motifs is 1. The first kappa shape index (κ1) is 13.6. The fourth-order valence-corrected chi connectivity index (χ4v) is 3.21. The quantitative estimate of drug-likeness (QED) is 0.807. The van der Waals surface area contributed by atoms with E-state index >= 15 is 0 Å². The van der Waals surface area contributed by atoms with Crippen LogP contribution >= 0.6 is 11.3 Å². The molecule has 0 atom stereocenters. The van der Waals surface area contributed by atoms with Crippen LogP contribution in [0.5, 0.6) is 0 Å². The molecule has 0 bridgehead atoms. The molecule has 0 unspecified atom stereocenters. The van der Waals surface area contributed by atoms with E-state index in [4.69, 9.17) is 0 Å². The van der Waals surface area contributed by atoms with Crippen molar-refractivity contribution in [2.75, 3.05) is 0 Å². The van der Waals surface area contributed by atoms with Gasteiger partial charge in [-0.3, -0.25) is 9.78 Å². The zero-order valence-electron chi connectivity index (χ0n) is 11.8. The van der Waals surface area contributed by atoms with Crippen molar-refractivity contribution in [3.05, 3.63) is 52.6 Å². The standard InChI is InChI=1S/C15H14N4OS/c1-9-13-12(8-21-15(13)19-10(2)18-9)14(20)17-7-11-3-5-16-6-4-11/h3-6,8H,7H2,1-2H3,(H,17,20). The van der Waals surface area contributed by atoms with Crippen molar-refractivity contribution in [1.82, 2.24) is 20.3 Å². The first-order chi connectivity index (χ1) is 10.1. The highest BCUT2D eigenvalue weighted by Gasteiger charge is 2.15. The van der Waals surface area contributed by atoms with Crippen LogP contribution in [-0.4, -0.2) is 20.9 Å². The Morgan fingerprint density at radius 3 is 2.76 bits per heavy atom. The molecule has 21 heavy (non-hydrogen) atoms. The Morgan fingerprint density at radius 1 is 1.24 bits per heavy atom. The molecule has 0 fully saturated rings. The molecule has 1 N–H and O–H groups in total. The second kappa shape index (κ2) is 5.57. The summed E-state index contributed by atoms with van der Waals surface area (Å²) in [5.41, 5.74) is 2.50. The summed E-state index contributed by atoms with van der Waals surface area (Å²) in [4.78, 5) is 25.9. The maximum absolute atomic E-state index is 12.4. The number of pyridine rings is 1. The summed E-state index contributed by atoms with van der Waals surface area (Å²) in [6.07, 6.45) is 3.42. The summed E-state index contributed by atoms with van der Waals surface area (Å²) in [7, 11) is 0. The summed E-state index contributed by atoms with van der Waals surface area (Å²) in [6.45, 7) is 4.24. The van der Waals surface area contributed by atoms with Crippen LogP contribution in [0.15, 0.2) is 29.9 Å². The first-order valence-electron chi connectivity index (χ1n) is 6.54. The average Bonchev–Trinajstić information content (AvgIpc) is 2.90. The van der Waals surface area contributed by atoms with Crippen LogP contribution in [0, 0.1) is 13.8 Å². The van der Waals surface area contributed by atoms with Gasteiger partial charge < -0.3 is 5.32 Å². The van der Waals surface area contributed by atoms with E-state index in [1.54, 1.807) is 12.4 Å². The number of hydrogen-bond donors (Lipinski definition) is 1. The molecule has 5 nitrogen and oxygen atoms in total. The van der Waals surface area contributed by atoms with E-state index in [1.165, 1.54) is 11.3 Å². The SMILES string of the molecule is Cc1nc(C)c2c(C(=O)NCc3ccncc3)csc2n1. The molecule has 0 aliphatic rings. The maximum Gasteiger partial charge on any atom is 0.253 e. The number of thiophene rings is 1. The Hall–Kier alpha value is -2.34. The summed E-state index contributed by atoms with van der Waals surface area (Å²) in [5, 5.41) is 5.61. The third-order valence-electron chi connectivity index (χ3n) is 3.17. The second-order valence-corrected chi connectivity index (χ2v) is 5.58. The van der Waals surface area contributed by atoms with Gasteiger partial charge in [-0.25, -0.2) is 9.97 Å². The molecule has 6 heteroatoms. The van der Waals surface area contributed by atoms with Crippen LogP contribution < -0.4 is 5.32 Å². The number of hydrogen-bond acceptors (Lipinski definition) is 5. The zero-order chi connectivity index (χ0) is 14.8. The largest absolute Gasteiger partial charge is 0.348 e. The van der Waals surface area contributed by atoms with E-state index in [0.29, 0.717) is 12.1 Å². The van der Waals surface area contributed by atoms with Crippen molar-refractivity contribution < 1.29 is 4.79 Å². The molecule has 0 aliphatic heterocycles. The molecule has 3 rings (SSSR count). The van der Waals surface area contributed by atoms with Gasteiger partial charge in [0.1, 0.15) is 10.7 Å². The van der Waals surface area contributed by atoms with Gasteiger partial charge >= 0.3 is 0 Å². The number of carbonyl (C=O) groups excluding carboxylic acids is 1. The molecule has 0 spiro atoms. The normalized spacial score (nSPS) is 10.8. The van der Waals surface area contributed by atoms with Gasteiger partial charge in [0.2, 0.25) is 0 Å². The molecule has 0 saturated heterocycles. The molecule has 1 amide bonds. The Kier molecular flexibility index (Phi) is 3.62. The molecular weight excluding hydrogens is 284 g/mol. The van der Waals surface area contributed by atoms with Crippen LogP contribution in [0.2, 0.25) is 0 Å². The Balaban J connectivity index is 1.85. The Morgan fingerprint density at radius 2 is 2.00 bits per heavy atom. The molecule has 3 aromatic heterocycles. The number of rotatable bonds is 3. The van der Waals surface area contributed by atoms with Crippen molar-refractivity contribution in [2.45, 2.75) is 20.4 Å². The van der Waals surface area contributed by atoms with Gasteiger partial charge in [-0.15, -0.1) is 11.3 Å². The molecule has 3 aromatic rings. The number of aryl methyl sites for hydroxylation is 2. The molecule has 3 heterocycles. The predicted molar refractivity (Wildman–Crippen MR) is 82.3 cm³/mol. The predicted octanol–water partition coefficient (Wildman–Crippen LogP) is 2.63. The van der Waals surface area contributed by atoms with Crippen LogP contribution in [0.3, 0.4) is 0 Å². The highest BCUT2D eigenvalue weighted by Crippen LogP contribution is 2.26. The van der Waals surface area contributed by atoms with E-state index in [1.807, 2.05) is 31.4 Å². The number of amides is 1. The van der Waals surface area contributed by atoms with Gasteiger partial charge in [0.15, 0.2) is 0 Å². The number of carbonyl (C=O) groups is 1. The van der Waals surface area contributed by atoms with E-state index < -0.39 is 0 Å². The van der Waals surface area contributed by atoms with Crippen LogP contribution in [0.1, 0.15) is 27.4 Å². The van der Waals surface area contributed by atoms with E-state index in [9.17, 15) is 4.79 Å². The minimum atomic E-state index is -0.103. The lowest BCUT2D eigenvalue weighted by Crippen LogP contribution is -2.22. The second-order valence-electron chi connectivity index (χ2n) is 4.72. The van der Waals surface area contributed by atoms with Crippen LogP contribution in [0.25, 0.3) is 10.2 Å². The fourth-order valence-electron chi connectivity index (χ4n) is 2.20. The van der Waals surface area contributed by atoms with Gasteiger partial charge in [0.25, 0.3) is 5.91 Å². The third kappa shape index (κ3) is 2.75. The van der Waals surface area contributed by atoms with Gasteiger partial charge in [0, 0.05) is 29.7 Å². The molecular formula is C15H14N4OS. The highest BCUT2D eigenvalue weighted by molar-refractivity contribution is 7.17. The minimum absolute atomic E-state index is 0.103. The molecule has 106 valence electrons. The lowest BCUT2D eigenvalue weighted by atomic mass is 10.1. The first-order valence-corrected chi connectivity index (χ1v) is 7.42. The fraction of sp³-hybridized carbons (Fsp3) is 0.200. The lowest BCUT2D eigenvalue weighted by molar-refractivity contribution is 0.0953. The summed E-state index contributed by atoms with van der Waals surface area (Å²) < 4.78 is 0. The van der Waals surface area contributed by atoms with Crippen LogP contribution in [0.4, 0.5) is 0 Å². The van der Waals surface area contributed by atoms with Crippen molar-refractivity contribution in [1.29, 1.82) is 0 Å². The van der Waals surface area contributed by atoms with Crippen LogP contribution in [-0.2, 0) is 6.54 Å². The third-order valence-corrected chi connectivity index (χ3v) is 4.05. The summed E-state index contributed by atoms with van der Waals surface area (Å²) in [6, 6.07) is 3.76. The summed E-state index contributed by atoms with van der Waals surface area (Å²) in [5.74, 6) is 0.624. The maximum atomic E-state index is 12.4. The van der Waals surface area contributed by atoms with Crippen molar-refractivity contribution in [2.24, 2.45) is 0 Å². The molecule has 0 saturated carbocycles. The smallest absolute Gasteiger partial charge is 0.253 e. The topological polar surface area (TPSA) is 67.8 Å². The number of nitrogens with one attached hydrogen (secondary N) is 1. The Labute approximate surface area is 126 Å². The van der Waals surface area contributed by atoms with E-state index in [2.05, 4.69) is 20.3 Å². The van der Waals surface area contributed by atoms with Gasteiger partial charge in [-0.1, -0.05) is 0 Å².